The van der Waals surface area contributed by atoms with Gasteiger partial charge in [0.2, 0.25) is 0 Å². The standard InChI is InChI=1S/C19H13ClF5N3O2S/c1-19(10-27,16-8-13-6-11(9-26)7-15(20)17(13)30-16)28-18(29)12-2-4-14(5-3-12)31(21,22,23,24)25/h2-7,16H,8H2,1H3,(H,28,29)/t16-,19-/m0/s1. The van der Waals surface area contributed by atoms with Crippen LogP contribution < -0.4 is 10.1 Å². The molecule has 0 radical (unpaired) electrons. The van der Waals surface area contributed by atoms with Crippen molar-refractivity contribution in [3.63, 3.8) is 0 Å². The molecule has 0 spiro atoms. The van der Waals surface area contributed by atoms with Gasteiger partial charge in [0.05, 0.1) is 22.7 Å². The molecule has 0 saturated heterocycles. The highest BCUT2D eigenvalue weighted by atomic mass is 35.5. The van der Waals surface area contributed by atoms with Crippen LogP contribution in [0.15, 0.2) is 41.3 Å². The lowest BCUT2D eigenvalue weighted by atomic mass is 9.92. The predicted octanol–water partition coefficient (Wildman–Crippen LogP) is 5.88. The van der Waals surface area contributed by atoms with E-state index < -0.39 is 32.7 Å². The van der Waals surface area contributed by atoms with E-state index in [0.29, 0.717) is 17.7 Å². The lowest BCUT2D eigenvalue weighted by Gasteiger charge is -2.40. The molecule has 1 heterocycles. The summed E-state index contributed by atoms with van der Waals surface area (Å²) >= 11 is 6.09. The number of nitrogens with one attached hydrogen (secondary N) is 1. The maximum Gasteiger partial charge on any atom is 0.310 e. The van der Waals surface area contributed by atoms with Gasteiger partial charge in [-0.15, -0.1) is 0 Å². The molecule has 0 aromatic heterocycles. The van der Waals surface area contributed by atoms with Crippen LogP contribution in [0.4, 0.5) is 19.4 Å². The van der Waals surface area contributed by atoms with Crippen LogP contribution in [0.5, 0.6) is 5.75 Å². The monoisotopic (exact) mass is 477 g/mol. The zero-order valence-electron chi connectivity index (χ0n) is 15.6. The van der Waals surface area contributed by atoms with Crippen LogP contribution >= 0.6 is 21.8 Å². The summed E-state index contributed by atoms with van der Waals surface area (Å²) < 4.78 is 69.9. The summed E-state index contributed by atoms with van der Waals surface area (Å²) in [4.78, 5) is 10.4. The molecule has 0 bridgehead atoms. The van der Waals surface area contributed by atoms with Gasteiger partial charge in [0, 0.05) is 17.5 Å². The van der Waals surface area contributed by atoms with Crippen molar-refractivity contribution >= 4 is 27.7 Å². The second-order valence-electron chi connectivity index (χ2n) is 7.13. The molecule has 0 unspecified atom stereocenters. The lowest BCUT2D eigenvalue weighted by Crippen LogP contribution is -2.55. The predicted molar refractivity (Wildman–Crippen MR) is 104 cm³/mol. The van der Waals surface area contributed by atoms with E-state index in [-0.39, 0.29) is 40.5 Å². The van der Waals surface area contributed by atoms with Gasteiger partial charge in [-0.1, -0.05) is 31.0 Å². The van der Waals surface area contributed by atoms with Gasteiger partial charge in [-0.2, -0.15) is 10.5 Å². The number of amides is 1. The first kappa shape index (κ1) is 22.7. The molecule has 2 atom stereocenters. The molecule has 1 N–H and O–H groups in total. The van der Waals surface area contributed by atoms with Crippen LogP contribution in [0, 0.1) is 22.7 Å². The number of nitrogens with zero attached hydrogens (tertiary/aromatic N) is 2. The van der Waals surface area contributed by atoms with E-state index in [1.54, 1.807) is 0 Å². The molecule has 1 amide bonds. The molecule has 5 nitrogen and oxygen atoms in total. The quantitative estimate of drug-likeness (QED) is 0.557. The van der Waals surface area contributed by atoms with Gasteiger partial charge in [-0.25, -0.2) is 0 Å². The maximum atomic E-state index is 12.8. The minimum atomic E-state index is -9.87. The summed E-state index contributed by atoms with van der Waals surface area (Å²) in [6, 6.07) is 8.16. The Balaban J connectivity index is 1.83. The van der Waals surface area contributed by atoms with Gasteiger partial charge >= 0.3 is 10.2 Å². The lowest BCUT2D eigenvalue weighted by molar-refractivity contribution is 0.0841. The number of hydrogen-bond donors (Lipinski definition) is 1. The smallest absolute Gasteiger partial charge is 0.310 e. The topological polar surface area (TPSA) is 85.9 Å². The van der Waals surface area contributed by atoms with Crippen molar-refractivity contribution < 1.29 is 29.0 Å². The van der Waals surface area contributed by atoms with Gasteiger partial charge < -0.3 is 10.1 Å². The van der Waals surface area contributed by atoms with Gasteiger partial charge in [-0.3, -0.25) is 4.79 Å². The molecule has 12 heteroatoms. The van der Waals surface area contributed by atoms with Gasteiger partial charge in [0.15, 0.2) is 5.54 Å². The molecular weight excluding hydrogens is 465 g/mol. The van der Waals surface area contributed by atoms with E-state index in [0.717, 1.165) is 0 Å². The Labute approximate surface area is 178 Å². The summed E-state index contributed by atoms with van der Waals surface area (Å²) in [5.74, 6) is -0.706. The first-order valence-corrected chi connectivity index (χ1v) is 10.9. The van der Waals surface area contributed by atoms with Crippen molar-refractivity contribution in [2.75, 3.05) is 0 Å². The van der Waals surface area contributed by atoms with Crippen molar-refractivity contribution in [2.45, 2.75) is 29.9 Å². The average molecular weight is 478 g/mol. The van der Waals surface area contributed by atoms with Crippen LogP contribution in [0.1, 0.15) is 28.4 Å². The zero-order valence-corrected chi connectivity index (χ0v) is 17.2. The van der Waals surface area contributed by atoms with Crippen LogP contribution in [0.25, 0.3) is 0 Å². The molecule has 1 aliphatic rings. The maximum absolute atomic E-state index is 12.8. The molecule has 0 fully saturated rings. The van der Waals surface area contributed by atoms with Crippen molar-refractivity contribution in [2.24, 2.45) is 0 Å². The van der Waals surface area contributed by atoms with Gasteiger partial charge in [0.1, 0.15) is 16.7 Å². The largest absolute Gasteiger partial charge is 0.485 e. The van der Waals surface area contributed by atoms with Crippen LogP contribution in [-0.4, -0.2) is 17.6 Å². The third-order valence-corrected chi connectivity index (χ3v) is 6.17. The molecule has 2 aromatic carbocycles. The molecule has 2 aromatic rings. The Hall–Kier alpha value is -3.02. The minimum absolute atomic E-state index is 0.116. The van der Waals surface area contributed by atoms with E-state index in [9.17, 15) is 29.5 Å². The third kappa shape index (κ3) is 4.53. The number of carbonyl (C=O) groups excluding carboxylic acids is 1. The summed E-state index contributed by atoms with van der Waals surface area (Å²) in [7, 11) is -9.87. The third-order valence-electron chi connectivity index (χ3n) is 4.73. The highest BCUT2D eigenvalue weighted by molar-refractivity contribution is 8.45. The Morgan fingerprint density at radius 3 is 2.32 bits per heavy atom. The number of benzene rings is 2. The van der Waals surface area contributed by atoms with Crippen LogP contribution in [0.3, 0.4) is 0 Å². The fraction of sp³-hybridized carbons (Fsp3) is 0.211. The number of nitriles is 2. The molecule has 1 aliphatic heterocycles. The fourth-order valence-electron chi connectivity index (χ4n) is 3.06. The van der Waals surface area contributed by atoms with Crippen LogP contribution in [0.2, 0.25) is 5.02 Å². The van der Waals surface area contributed by atoms with Crippen molar-refractivity contribution in [1.82, 2.24) is 5.32 Å². The summed E-state index contributed by atoms with van der Waals surface area (Å²) in [5, 5.41) is 21.2. The molecule has 164 valence electrons. The van der Waals surface area contributed by atoms with E-state index in [2.05, 4.69) is 5.32 Å². The molecule has 0 saturated carbocycles. The molecular formula is C19H13ClF5N3O2S. The summed E-state index contributed by atoms with van der Waals surface area (Å²) in [5.41, 5.74) is -1.18. The molecule has 3 rings (SSSR count). The Morgan fingerprint density at radius 1 is 1.19 bits per heavy atom. The number of carbonyl (C=O) groups is 1. The Morgan fingerprint density at radius 2 is 1.81 bits per heavy atom. The van der Waals surface area contributed by atoms with Gasteiger partial charge in [0.25, 0.3) is 5.91 Å². The van der Waals surface area contributed by atoms with Gasteiger partial charge in [-0.05, 0) is 43.3 Å². The number of fused-ring (bicyclic) bond motifs is 1. The van der Waals surface area contributed by atoms with E-state index >= 15 is 0 Å². The number of halogens is 6. The normalized spacial score (nSPS) is 19.5. The first-order chi connectivity index (χ1) is 14.1. The van der Waals surface area contributed by atoms with Crippen molar-refractivity contribution in [1.29, 1.82) is 10.5 Å². The average Bonchev–Trinajstić information content (AvgIpc) is 3.11. The number of rotatable bonds is 4. The van der Waals surface area contributed by atoms with Crippen molar-refractivity contribution in [3.05, 3.63) is 58.1 Å². The van der Waals surface area contributed by atoms with E-state index in [1.165, 1.54) is 19.1 Å². The Kier molecular flexibility index (Phi) is 4.74. The Bertz CT molecular complexity index is 1170. The van der Waals surface area contributed by atoms with Crippen molar-refractivity contribution in [3.8, 4) is 17.9 Å². The fourth-order valence-corrected chi connectivity index (χ4v) is 3.99. The minimum Gasteiger partial charge on any atom is -0.485 e. The van der Waals surface area contributed by atoms with E-state index in [1.807, 2.05) is 12.1 Å². The highest BCUT2D eigenvalue weighted by Gasteiger charge is 2.65. The first-order valence-electron chi connectivity index (χ1n) is 8.53. The molecule has 31 heavy (non-hydrogen) atoms. The van der Waals surface area contributed by atoms with E-state index in [4.69, 9.17) is 21.6 Å². The number of hydrogen-bond acceptors (Lipinski definition) is 4. The SMILES string of the molecule is C[C@@](C#N)(NC(=O)c1ccc(S(F)(F)(F)(F)F)cc1)[C@@H]1Cc2cc(C#N)cc(Cl)c2O1. The summed E-state index contributed by atoms with van der Waals surface area (Å²) in [6.45, 7) is 1.34. The summed E-state index contributed by atoms with van der Waals surface area (Å²) in [6.07, 6.45) is -0.801. The molecule has 0 aliphatic carbocycles. The second-order valence-corrected chi connectivity index (χ2v) is 9.95. The highest BCUT2D eigenvalue weighted by Crippen LogP contribution is 3.02. The second kappa shape index (κ2) is 6.49. The number of ether oxygens (including phenoxy) is 1. The van der Waals surface area contributed by atoms with Crippen LogP contribution in [-0.2, 0) is 6.42 Å². The zero-order chi connectivity index (χ0) is 23.3.